The molecule has 1 aliphatic heterocycles. The molecule has 0 radical (unpaired) electrons. The van der Waals surface area contributed by atoms with Crippen molar-refractivity contribution in [3.63, 3.8) is 0 Å². The number of aryl methyl sites for hydroxylation is 1. The topological polar surface area (TPSA) is 41.0 Å². The van der Waals surface area contributed by atoms with Gasteiger partial charge in [0.05, 0.1) is 5.69 Å². The zero-order chi connectivity index (χ0) is 13.2. The van der Waals surface area contributed by atoms with Crippen LogP contribution < -0.4 is 10.2 Å². The second-order valence-electron chi connectivity index (χ2n) is 5.44. The first-order chi connectivity index (χ1) is 9.28. The number of hydrogen-bond donors (Lipinski definition) is 1. The van der Waals surface area contributed by atoms with Crippen molar-refractivity contribution in [3.05, 3.63) is 16.5 Å². The summed E-state index contributed by atoms with van der Waals surface area (Å²) in [6.45, 7) is 5.29. The smallest absolute Gasteiger partial charge is 0.224 e. The number of likely N-dealkylation sites (N-methyl/N-ethyl adjacent to an activating group) is 1. The van der Waals surface area contributed by atoms with E-state index in [-0.39, 0.29) is 0 Å². The number of aromatic nitrogens is 2. The van der Waals surface area contributed by atoms with Gasteiger partial charge in [0.2, 0.25) is 5.28 Å². The van der Waals surface area contributed by atoms with E-state index >= 15 is 0 Å². The van der Waals surface area contributed by atoms with E-state index in [0.717, 1.165) is 38.3 Å². The quantitative estimate of drug-likeness (QED) is 0.862. The van der Waals surface area contributed by atoms with Crippen LogP contribution in [0.4, 0.5) is 5.82 Å². The molecule has 1 saturated heterocycles. The maximum atomic E-state index is 6.09. The van der Waals surface area contributed by atoms with Crippen molar-refractivity contribution in [2.24, 2.45) is 0 Å². The van der Waals surface area contributed by atoms with Crippen molar-refractivity contribution in [2.75, 3.05) is 24.5 Å². The van der Waals surface area contributed by atoms with Crippen LogP contribution in [-0.4, -0.2) is 35.6 Å². The molecule has 1 atom stereocenters. The molecular formula is C14H21ClN4. The van der Waals surface area contributed by atoms with Gasteiger partial charge >= 0.3 is 0 Å². The molecule has 3 rings (SSSR count). The van der Waals surface area contributed by atoms with Crippen molar-refractivity contribution in [2.45, 2.75) is 45.1 Å². The maximum absolute atomic E-state index is 6.09. The minimum Gasteiger partial charge on any atom is -0.355 e. The van der Waals surface area contributed by atoms with Crippen LogP contribution in [0.1, 0.15) is 37.4 Å². The Hall–Kier alpha value is -0.870. The van der Waals surface area contributed by atoms with Gasteiger partial charge in [0.25, 0.3) is 0 Å². The van der Waals surface area contributed by atoms with Gasteiger partial charge in [-0.3, -0.25) is 0 Å². The molecule has 0 saturated carbocycles. The molecule has 0 unspecified atom stereocenters. The number of nitrogens with zero attached hydrogens (tertiary/aromatic N) is 3. The van der Waals surface area contributed by atoms with Crippen molar-refractivity contribution < 1.29 is 0 Å². The lowest BCUT2D eigenvalue weighted by atomic mass is 9.96. The molecule has 1 fully saturated rings. The van der Waals surface area contributed by atoms with E-state index in [0.29, 0.717) is 11.3 Å². The number of halogens is 1. The highest BCUT2D eigenvalue weighted by atomic mass is 35.5. The Labute approximate surface area is 119 Å². The molecule has 1 aromatic rings. The summed E-state index contributed by atoms with van der Waals surface area (Å²) in [4.78, 5) is 11.3. The summed E-state index contributed by atoms with van der Waals surface area (Å²) in [7, 11) is 0. The molecule has 4 nitrogen and oxygen atoms in total. The first-order valence-electron chi connectivity index (χ1n) is 7.31. The summed E-state index contributed by atoms with van der Waals surface area (Å²) < 4.78 is 0. The molecule has 1 aliphatic carbocycles. The highest BCUT2D eigenvalue weighted by Crippen LogP contribution is 2.30. The Balaban J connectivity index is 1.86. The van der Waals surface area contributed by atoms with E-state index < -0.39 is 0 Å². The maximum Gasteiger partial charge on any atom is 0.224 e. The number of hydrogen-bond acceptors (Lipinski definition) is 4. The molecule has 0 amide bonds. The predicted molar refractivity (Wildman–Crippen MR) is 78.0 cm³/mol. The molecule has 19 heavy (non-hydrogen) atoms. The van der Waals surface area contributed by atoms with Gasteiger partial charge in [0.15, 0.2) is 0 Å². The number of nitrogens with one attached hydrogen (secondary N) is 1. The lowest BCUT2D eigenvalue weighted by Crippen LogP contribution is -2.33. The van der Waals surface area contributed by atoms with Gasteiger partial charge in [-0.1, -0.05) is 6.92 Å². The highest BCUT2D eigenvalue weighted by molar-refractivity contribution is 6.28. The molecule has 2 heterocycles. The number of rotatable bonds is 3. The standard InChI is InChI=1S/C14H21ClN4/c1-2-16-10-7-8-19(9-10)13-11-5-3-4-6-12(11)17-14(15)18-13/h10,16H,2-9H2,1H3/t10-/m0/s1. The van der Waals surface area contributed by atoms with E-state index in [4.69, 9.17) is 11.6 Å². The van der Waals surface area contributed by atoms with Gasteiger partial charge in [-0.2, -0.15) is 0 Å². The third-order valence-corrected chi connectivity index (χ3v) is 4.28. The average molecular weight is 281 g/mol. The van der Waals surface area contributed by atoms with Gasteiger partial charge in [-0.15, -0.1) is 0 Å². The second kappa shape index (κ2) is 5.63. The van der Waals surface area contributed by atoms with Crippen LogP contribution in [-0.2, 0) is 12.8 Å². The van der Waals surface area contributed by atoms with Gasteiger partial charge in [0, 0.05) is 24.7 Å². The Morgan fingerprint density at radius 2 is 2.16 bits per heavy atom. The number of fused-ring (bicyclic) bond motifs is 1. The molecular weight excluding hydrogens is 260 g/mol. The summed E-state index contributed by atoms with van der Waals surface area (Å²) >= 11 is 6.09. The third-order valence-electron chi connectivity index (χ3n) is 4.11. The summed E-state index contributed by atoms with van der Waals surface area (Å²) in [6, 6.07) is 0.581. The molecule has 5 heteroatoms. The molecule has 104 valence electrons. The summed E-state index contributed by atoms with van der Waals surface area (Å²) in [5.74, 6) is 1.09. The van der Waals surface area contributed by atoms with Gasteiger partial charge < -0.3 is 10.2 Å². The van der Waals surface area contributed by atoms with Crippen molar-refractivity contribution in [3.8, 4) is 0 Å². The molecule has 1 aromatic heterocycles. The van der Waals surface area contributed by atoms with Crippen LogP contribution >= 0.6 is 11.6 Å². The van der Waals surface area contributed by atoms with E-state index in [2.05, 4.69) is 27.1 Å². The third kappa shape index (κ3) is 2.70. The van der Waals surface area contributed by atoms with Crippen LogP contribution in [0.15, 0.2) is 0 Å². The molecule has 0 spiro atoms. The monoisotopic (exact) mass is 280 g/mol. The normalized spacial score (nSPS) is 22.6. The number of anilines is 1. The lowest BCUT2D eigenvalue weighted by molar-refractivity contribution is 0.571. The fraction of sp³-hybridized carbons (Fsp3) is 0.714. The average Bonchev–Trinajstić information content (AvgIpc) is 2.86. The van der Waals surface area contributed by atoms with E-state index in [1.165, 1.54) is 30.5 Å². The largest absolute Gasteiger partial charge is 0.355 e. The van der Waals surface area contributed by atoms with Gasteiger partial charge in [0.1, 0.15) is 5.82 Å². The van der Waals surface area contributed by atoms with E-state index in [9.17, 15) is 0 Å². The summed E-state index contributed by atoms with van der Waals surface area (Å²) in [5, 5.41) is 3.93. The zero-order valence-electron chi connectivity index (χ0n) is 11.5. The van der Waals surface area contributed by atoms with Crippen molar-refractivity contribution >= 4 is 17.4 Å². The second-order valence-corrected chi connectivity index (χ2v) is 5.78. The van der Waals surface area contributed by atoms with E-state index in [1.807, 2.05) is 0 Å². The fourth-order valence-electron chi connectivity index (χ4n) is 3.21. The Morgan fingerprint density at radius 3 is 3.00 bits per heavy atom. The van der Waals surface area contributed by atoms with Gasteiger partial charge in [-0.25, -0.2) is 9.97 Å². The summed E-state index contributed by atoms with van der Waals surface area (Å²) in [6.07, 6.45) is 5.80. The van der Waals surface area contributed by atoms with Crippen molar-refractivity contribution in [1.29, 1.82) is 0 Å². The fourth-order valence-corrected chi connectivity index (χ4v) is 3.40. The van der Waals surface area contributed by atoms with Crippen LogP contribution in [0.2, 0.25) is 5.28 Å². The lowest BCUT2D eigenvalue weighted by Gasteiger charge is -2.24. The SMILES string of the molecule is CCN[C@H]1CCN(c2nc(Cl)nc3c2CCCC3)C1. The first-order valence-corrected chi connectivity index (χ1v) is 7.69. The zero-order valence-corrected chi connectivity index (χ0v) is 12.2. The molecule has 0 aromatic carbocycles. The molecule has 1 N–H and O–H groups in total. The predicted octanol–water partition coefficient (Wildman–Crippen LogP) is 2.20. The highest BCUT2D eigenvalue weighted by Gasteiger charge is 2.27. The minimum atomic E-state index is 0.405. The Kier molecular flexibility index (Phi) is 3.89. The first kappa shape index (κ1) is 13.1. The van der Waals surface area contributed by atoms with Crippen molar-refractivity contribution in [1.82, 2.24) is 15.3 Å². The minimum absolute atomic E-state index is 0.405. The van der Waals surface area contributed by atoms with Crippen LogP contribution in [0.5, 0.6) is 0 Å². The van der Waals surface area contributed by atoms with E-state index in [1.54, 1.807) is 0 Å². The Bertz CT molecular complexity index is 463. The molecule has 0 bridgehead atoms. The molecule has 2 aliphatic rings. The van der Waals surface area contributed by atoms with Gasteiger partial charge in [-0.05, 0) is 50.2 Å². The van der Waals surface area contributed by atoms with Crippen LogP contribution in [0.25, 0.3) is 0 Å². The van der Waals surface area contributed by atoms with Crippen LogP contribution in [0, 0.1) is 0 Å². The van der Waals surface area contributed by atoms with Crippen LogP contribution in [0.3, 0.4) is 0 Å². The Morgan fingerprint density at radius 1 is 1.32 bits per heavy atom. The summed E-state index contributed by atoms with van der Waals surface area (Å²) in [5.41, 5.74) is 2.51.